The molecule has 2 saturated carbocycles. The Morgan fingerprint density at radius 3 is 2.87 bits per heavy atom. The molecule has 6 unspecified atom stereocenters. The molecular formula is C20H26O3. The zero-order chi connectivity index (χ0) is 16.2. The van der Waals surface area contributed by atoms with Crippen molar-refractivity contribution < 1.29 is 14.3 Å². The quantitative estimate of drug-likeness (QED) is 0.691. The Kier molecular flexibility index (Phi) is 3.51. The van der Waals surface area contributed by atoms with E-state index in [9.17, 15) is 9.59 Å². The van der Waals surface area contributed by atoms with E-state index in [2.05, 4.69) is 19.1 Å². The maximum Gasteiger partial charge on any atom is 0.302 e. The predicted molar refractivity (Wildman–Crippen MR) is 87.6 cm³/mol. The van der Waals surface area contributed by atoms with E-state index in [0.717, 1.165) is 25.7 Å². The minimum atomic E-state index is -0.144. The van der Waals surface area contributed by atoms with Crippen LogP contribution in [0.4, 0.5) is 0 Å². The number of fused-ring (bicyclic) bond motifs is 5. The van der Waals surface area contributed by atoms with Gasteiger partial charge in [-0.15, -0.1) is 0 Å². The highest BCUT2D eigenvalue weighted by atomic mass is 16.5. The Morgan fingerprint density at radius 1 is 1.26 bits per heavy atom. The first-order valence-electron chi connectivity index (χ1n) is 9.09. The second kappa shape index (κ2) is 5.32. The van der Waals surface area contributed by atoms with Crippen molar-refractivity contribution in [2.75, 3.05) is 0 Å². The zero-order valence-electron chi connectivity index (χ0n) is 14.1. The molecule has 0 radical (unpaired) electrons. The van der Waals surface area contributed by atoms with E-state index in [4.69, 9.17) is 4.74 Å². The van der Waals surface area contributed by atoms with Crippen molar-refractivity contribution in [3.63, 3.8) is 0 Å². The third kappa shape index (κ3) is 2.31. The van der Waals surface area contributed by atoms with Gasteiger partial charge >= 0.3 is 5.97 Å². The number of hydrogen-bond donors (Lipinski definition) is 0. The lowest BCUT2D eigenvalue weighted by atomic mass is 9.54. The molecule has 0 aromatic rings. The highest BCUT2D eigenvalue weighted by Gasteiger charge is 2.56. The SMILES string of the molecule is CC(=O)OC1CCC2C3C=CC4=CC(=O)CCC4C3CCC12C. The van der Waals surface area contributed by atoms with Gasteiger partial charge in [-0.3, -0.25) is 9.59 Å². The summed E-state index contributed by atoms with van der Waals surface area (Å²) in [6, 6.07) is 0. The van der Waals surface area contributed by atoms with Crippen molar-refractivity contribution >= 4 is 11.8 Å². The van der Waals surface area contributed by atoms with E-state index in [1.807, 2.05) is 6.08 Å². The molecule has 0 aromatic carbocycles. The molecule has 23 heavy (non-hydrogen) atoms. The maximum absolute atomic E-state index is 11.7. The Bertz CT molecular complexity index is 602. The Morgan fingerprint density at radius 2 is 2.09 bits per heavy atom. The summed E-state index contributed by atoms with van der Waals surface area (Å²) in [6.07, 6.45) is 12.8. The Hall–Kier alpha value is -1.38. The number of rotatable bonds is 1. The van der Waals surface area contributed by atoms with Crippen molar-refractivity contribution in [2.45, 2.75) is 58.5 Å². The monoisotopic (exact) mass is 314 g/mol. The summed E-state index contributed by atoms with van der Waals surface area (Å²) < 4.78 is 5.67. The normalized spacial score (nSPS) is 44.9. The molecule has 4 aliphatic rings. The van der Waals surface area contributed by atoms with E-state index in [-0.39, 0.29) is 23.3 Å². The lowest BCUT2D eigenvalue weighted by molar-refractivity contribution is -0.155. The number of ketones is 1. The molecule has 3 heteroatoms. The molecule has 0 saturated heterocycles. The van der Waals surface area contributed by atoms with Gasteiger partial charge in [0, 0.05) is 18.8 Å². The molecule has 0 bridgehead atoms. The molecule has 0 aliphatic heterocycles. The Balaban J connectivity index is 1.62. The van der Waals surface area contributed by atoms with E-state index in [0.29, 0.717) is 30.1 Å². The van der Waals surface area contributed by atoms with Crippen LogP contribution < -0.4 is 0 Å². The van der Waals surface area contributed by atoms with Crippen molar-refractivity contribution in [1.29, 1.82) is 0 Å². The first-order chi connectivity index (χ1) is 11.0. The molecule has 0 heterocycles. The maximum atomic E-state index is 11.7. The zero-order valence-corrected chi connectivity index (χ0v) is 14.1. The number of ether oxygens (including phenoxy) is 1. The summed E-state index contributed by atoms with van der Waals surface area (Å²) in [5, 5.41) is 0. The third-order valence-corrected chi connectivity index (χ3v) is 7.09. The summed E-state index contributed by atoms with van der Waals surface area (Å²) in [5.41, 5.74) is 1.39. The van der Waals surface area contributed by atoms with Crippen LogP contribution in [-0.2, 0) is 14.3 Å². The molecule has 6 atom stereocenters. The molecule has 0 N–H and O–H groups in total. The van der Waals surface area contributed by atoms with E-state index >= 15 is 0 Å². The third-order valence-electron chi connectivity index (χ3n) is 7.09. The smallest absolute Gasteiger partial charge is 0.302 e. The van der Waals surface area contributed by atoms with Gasteiger partial charge < -0.3 is 4.74 Å². The molecule has 4 aliphatic carbocycles. The topological polar surface area (TPSA) is 43.4 Å². The molecule has 3 nitrogen and oxygen atoms in total. The standard InChI is InChI=1S/C20H26O3/c1-12(21)23-19-8-7-18-17-5-3-13-11-14(22)4-6-15(13)16(17)9-10-20(18,19)2/h3,5,11,15-19H,4,6-10H2,1-2H3. The van der Waals surface area contributed by atoms with Gasteiger partial charge in [0.2, 0.25) is 0 Å². The second-order valence-electron chi connectivity index (χ2n) is 8.18. The van der Waals surface area contributed by atoms with E-state index < -0.39 is 0 Å². The molecule has 2 fully saturated rings. The summed E-state index contributed by atoms with van der Waals surface area (Å²) in [4.78, 5) is 23.1. The average Bonchev–Trinajstić information content (AvgIpc) is 2.83. The summed E-state index contributed by atoms with van der Waals surface area (Å²) >= 11 is 0. The minimum absolute atomic E-state index is 0.0872. The summed E-state index contributed by atoms with van der Waals surface area (Å²) in [6.45, 7) is 3.86. The number of carbonyl (C=O) groups is 2. The summed E-state index contributed by atoms with van der Waals surface area (Å²) in [7, 11) is 0. The van der Waals surface area contributed by atoms with Crippen molar-refractivity contribution in [1.82, 2.24) is 0 Å². The second-order valence-corrected chi connectivity index (χ2v) is 8.18. The van der Waals surface area contributed by atoms with E-state index in [1.165, 1.54) is 18.9 Å². The summed E-state index contributed by atoms with van der Waals surface area (Å²) in [5.74, 6) is 2.59. The minimum Gasteiger partial charge on any atom is -0.462 e. The van der Waals surface area contributed by atoms with Crippen LogP contribution >= 0.6 is 0 Å². The van der Waals surface area contributed by atoms with Crippen LogP contribution in [0.15, 0.2) is 23.8 Å². The molecular weight excluding hydrogens is 288 g/mol. The number of allylic oxidation sites excluding steroid dienone is 4. The number of carbonyl (C=O) groups excluding carboxylic acids is 2. The van der Waals surface area contributed by atoms with Gasteiger partial charge in [-0.2, -0.15) is 0 Å². The van der Waals surface area contributed by atoms with Crippen LogP contribution in [0.2, 0.25) is 0 Å². The van der Waals surface area contributed by atoms with Crippen LogP contribution in [0.5, 0.6) is 0 Å². The van der Waals surface area contributed by atoms with Crippen LogP contribution in [0, 0.1) is 29.1 Å². The van der Waals surface area contributed by atoms with Gasteiger partial charge in [0.25, 0.3) is 0 Å². The van der Waals surface area contributed by atoms with Crippen LogP contribution in [0.3, 0.4) is 0 Å². The molecule has 0 spiro atoms. The van der Waals surface area contributed by atoms with Crippen molar-refractivity contribution in [3.05, 3.63) is 23.8 Å². The first kappa shape index (κ1) is 15.2. The van der Waals surface area contributed by atoms with Crippen LogP contribution in [-0.4, -0.2) is 17.9 Å². The fourth-order valence-corrected chi connectivity index (χ4v) is 6.00. The largest absolute Gasteiger partial charge is 0.462 e. The van der Waals surface area contributed by atoms with Crippen LogP contribution in [0.25, 0.3) is 0 Å². The van der Waals surface area contributed by atoms with Gasteiger partial charge in [-0.1, -0.05) is 19.1 Å². The van der Waals surface area contributed by atoms with Gasteiger partial charge in [0.1, 0.15) is 6.10 Å². The van der Waals surface area contributed by atoms with Crippen LogP contribution in [0.1, 0.15) is 52.4 Å². The molecule has 124 valence electrons. The Labute approximate surface area is 138 Å². The highest BCUT2D eigenvalue weighted by Crippen LogP contribution is 2.60. The predicted octanol–water partition coefficient (Wildman–Crippen LogP) is 3.84. The van der Waals surface area contributed by atoms with Gasteiger partial charge in [0.05, 0.1) is 0 Å². The van der Waals surface area contributed by atoms with Gasteiger partial charge in [-0.25, -0.2) is 0 Å². The molecule has 0 aromatic heterocycles. The van der Waals surface area contributed by atoms with E-state index in [1.54, 1.807) is 0 Å². The van der Waals surface area contributed by atoms with Gasteiger partial charge in [0.15, 0.2) is 5.78 Å². The molecule has 4 rings (SSSR count). The van der Waals surface area contributed by atoms with Gasteiger partial charge in [-0.05, 0) is 67.4 Å². The number of hydrogen-bond acceptors (Lipinski definition) is 3. The fourth-order valence-electron chi connectivity index (χ4n) is 6.00. The average molecular weight is 314 g/mol. The fraction of sp³-hybridized carbons (Fsp3) is 0.700. The first-order valence-corrected chi connectivity index (χ1v) is 9.09. The lowest BCUT2D eigenvalue weighted by Gasteiger charge is -2.51. The van der Waals surface area contributed by atoms with Crippen molar-refractivity contribution in [2.24, 2.45) is 29.1 Å². The lowest BCUT2D eigenvalue weighted by Crippen LogP contribution is -2.47. The number of esters is 1. The highest BCUT2D eigenvalue weighted by molar-refractivity contribution is 5.91. The van der Waals surface area contributed by atoms with Crippen molar-refractivity contribution in [3.8, 4) is 0 Å². The molecule has 0 amide bonds.